The SMILES string of the molecule is Br.Br.NC(=S)NCc1cccc2c1-c1c(CNC(N)=S)cccc1C2=O. The molecule has 0 fully saturated rings. The Morgan fingerprint density at radius 1 is 0.808 bits per heavy atom. The second-order valence-corrected chi connectivity index (χ2v) is 6.32. The minimum atomic E-state index is 0. The van der Waals surface area contributed by atoms with Gasteiger partial charge in [0.1, 0.15) is 0 Å². The molecule has 1 aliphatic carbocycles. The zero-order chi connectivity index (χ0) is 17.3. The van der Waals surface area contributed by atoms with Gasteiger partial charge in [0, 0.05) is 24.2 Å². The molecule has 2 aromatic rings. The average Bonchev–Trinajstić information content (AvgIpc) is 2.85. The van der Waals surface area contributed by atoms with E-state index in [1.54, 1.807) is 0 Å². The molecule has 0 radical (unpaired) electrons. The summed E-state index contributed by atoms with van der Waals surface area (Å²) in [5.41, 5.74) is 16.2. The van der Waals surface area contributed by atoms with Crippen LogP contribution in [0.25, 0.3) is 11.1 Å². The Labute approximate surface area is 183 Å². The first-order valence-corrected chi connectivity index (χ1v) is 8.16. The first-order chi connectivity index (χ1) is 11.5. The highest BCUT2D eigenvalue weighted by Gasteiger charge is 2.30. The van der Waals surface area contributed by atoms with E-state index in [0.717, 1.165) is 22.3 Å². The molecule has 0 saturated carbocycles. The minimum Gasteiger partial charge on any atom is -0.376 e. The van der Waals surface area contributed by atoms with Gasteiger partial charge < -0.3 is 22.1 Å². The number of rotatable bonds is 4. The summed E-state index contributed by atoms with van der Waals surface area (Å²) in [4.78, 5) is 12.7. The van der Waals surface area contributed by atoms with Crippen LogP contribution in [0.4, 0.5) is 0 Å². The number of halogens is 2. The molecule has 1 aliphatic rings. The Kier molecular flexibility index (Phi) is 8.14. The van der Waals surface area contributed by atoms with Gasteiger partial charge in [-0.25, -0.2) is 0 Å². The van der Waals surface area contributed by atoms with Crippen LogP contribution in [0.15, 0.2) is 36.4 Å². The smallest absolute Gasteiger partial charge is 0.194 e. The van der Waals surface area contributed by atoms with Crippen molar-refractivity contribution in [3.63, 3.8) is 0 Å². The number of carbonyl (C=O) groups is 1. The number of nitrogens with two attached hydrogens (primary N) is 2. The molecule has 0 spiro atoms. The van der Waals surface area contributed by atoms with Gasteiger partial charge in [0.05, 0.1) is 0 Å². The van der Waals surface area contributed by atoms with Crippen molar-refractivity contribution < 1.29 is 4.79 Å². The van der Waals surface area contributed by atoms with E-state index in [1.807, 2.05) is 36.4 Å². The summed E-state index contributed by atoms with van der Waals surface area (Å²) in [6.07, 6.45) is 0. The monoisotopic (exact) mass is 516 g/mol. The first kappa shape index (κ1) is 22.5. The van der Waals surface area contributed by atoms with Gasteiger partial charge >= 0.3 is 0 Å². The Morgan fingerprint density at radius 2 is 1.19 bits per heavy atom. The predicted octanol–water partition coefficient (Wildman–Crippen LogP) is 2.72. The largest absolute Gasteiger partial charge is 0.376 e. The highest BCUT2D eigenvalue weighted by atomic mass is 79.9. The topological polar surface area (TPSA) is 93.2 Å². The molecule has 0 atom stereocenters. The first-order valence-electron chi connectivity index (χ1n) is 7.34. The number of thiocarbonyl (C=S) groups is 2. The highest BCUT2D eigenvalue weighted by Crippen LogP contribution is 2.41. The van der Waals surface area contributed by atoms with Crippen LogP contribution >= 0.6 is 58.4 Å². The molecule has 5 nitrogen and oxygen atoms in total. The van der Waals surface area contributed by atoms with Crippen LogP contribution in [0.2, 0.25) is 0 Å². The predicted molar refractivity (Wildman–Crippen MR) is 123 cm³/mol. The van der Waals surface area contributed by atoms with Crippen molar-refractivity contribution in [1.82, 2.24) is 10.6 Å². The highest BCUT2D eigenvalue weighted by molar-refractivity contribution is 8.93. The van der Waals surface area contributed by atoms with E-state index in [2.05, 4.69) is 10.6 Å². The number of carbonyl (C=O) groups excluding carboxylic acids is 1. The second-order valence-electron chi connectivity index (χ2n) is 5.44. The van der Waals surface area contributed by atoms with Crippen molar-refractivity contribution >= 4 is 74.4 Å². The van der Waals surface area contributed by atoms with Crippen molar-refractivity contribution in [2.24, 2.45) is 11.5 Å². The average molecular weight is 518 g/mol. The molecule has 6 N–H and O–H groups in total. The summed E-state index contributed by atoms with van der Waals surface area (Å²) in [6, 6.07) is 11.3. The maximum atomic E-state index is 12.7. The molecular weight excluding hydrogens is 500 g/mol. The van der Waals surface area contributed by atoms with Gasteiger partial charge in [0.15, 0.2) is 16.0 Å². The molecule has 9 heteroatoms. The zero-order valence-electron chi connectivity index (χ0n) is 13.6. The van der Waals surface area contributed by atoms with Crippen LogP contribution in [0.1, 0.15) is 27.0 Å². The van der Waals surface area contributed by atoms with Crippen LogP contribution in [-0.4, -0.2) is 16.0 Å². The molecule has 0 aromatic heterocycles. The summed E-state index contributed by atoms with van der Waals surface area (Å²) in [5, 5.41) is 6.34. The third-order valence-corrected chi connectivity index (χ3v) is 4.24. The van der Waals surface area contributed by atoms with E-state index in [-0.39, 0.29) is 50.0 Å². The van der Waals surface area contributed by atoms with Crippen molar-refractivity contribution in [2.75, 3.05) is 0 Å². The molecule has 0 bridgehead atoms. The van der Waals surface area contributed by atoms with Crippen molar-refractivity contribution in [1.29, 1.82) is 0 Å². The zero-order valence-corrected chi connectivity index (χ0v) is 18.6. The fourth-order valence-electron chi connectivity index (χ4n) is 2.97. The van der Waals surface area contributed by atoms with E-state index in [4.69, 9.17) is 35.9 Å². The Morgan fingerprint density at radius 3 is 1.54 bits per heavy atom. The quantitative estimate of drug-likeness (QED) is 0.395. The molecule has 138 valence electrons. The van der Waals surface area contributed by atoms with E-state index in [9.17, 15) is 4.79 Å². The molecule has 26 heavy (non-hydrogen) atoms. The summed E-state index contributed by atoms with van der Waals surface area (Å²) in [5.74, 6) is 0.0225. The van der Waals surface area contributed by atoms with Gasteiger partial charge in [-0.05, 0) is 46.7 Å². The standard InChI is InChI=1S/C17H16N4OS2.2BrH/c18-16(23)20-7-9-3-1-5-11-13(9)14-10(8-21-17(19)24)4-2-6-12(14)15(11)22;;/h1-6H,7-8H2,(H3,18,20,23)(H3,19,21,24);2*1H. The number of hydrogen-bond acceptors (Lipinski definition) is 3. The maximum absolute atomic E-state index is 12.7. The van der Waals surface area contributed by atoms with Crippen molar-refractivity contribution in [2.45, 2.75) is 13.1 Å². The Hall–Kier alpha value is -1.55. The number of nitrogens with one attached hydrogen (secondary N) is 2. The Balaban J connectivity index is 0.00000169. The van der Waals surface area contributed by atoms with E-state index < -0.39 is 0 Å². The van der Waals surface area contributed by atoms with Gasteiger partial charge in [-0.15, -0.1) is 34.0 Å². The van der Waals surface area contributed by atoms with Crippen LogP contribution in [0.5, 0.6) is 0 Å². The summed E-state index contributed by atoms with van der Waals surface area (Å²) in [7, 11) is 0. The molecular formula is C17H18Br2N4OS2. The van der Waals surface area contributed by atoms with Gasteiger partial charge in [-0.1, -0.05) is 36.4 Å². The number of ketones is 1. The number of hydrogen-bond donors (Lipinski definition) is 4. The van der Waals surface area contributed by atoms with E-state index in [0.29, 0.717) is 24.2 Å². The lowest BCUT2D eigenvalue weighted by Gasteiger charge is -2.14. The lowest BCUT2D eigenvalue weighted by atomic mass is 9.95. The minimum absolute atomic E-state index is 0. The van der Waals surface area contributed by atoms with Crippen molar-refractivity contribution in [3.8, 4) is 11.1 Å². The third kappa shape index (κ3) is 4.40. The Bertz CT molecular complexity index is 804. The van der Waals surface area contributed by atoms with E-state index >= 15 is 0 Å². The van der Waals surface area contributed by atoms with Crippen LogP contribution in [0, 0.1) is 0 Å². The molecule has 2 aromatic carbocycles. The van der Waals surface area contributed by atoms with Gasteiger partial charge in [-0.2, -0.15) is 0 Å². The molecule has 3 rings (SSSR count). The normalized spacial score (nSPS) is 10.7. The van der Waals surface area contributed by atoms with E-state index in [1.165, 1.54) is 0 Å². The van der Waals surface area contributed by atoms with Gasteiger partial charge in [0.2, 0.25) is 0 Å². The summed E-state index contributed by atoms with van der Waals surface area (Å²) in [6.45, 7) is 0.921. The van der Waals surface area contributed by atoms with Crippen LogP contribution < -0.4 is 22.1 Å². The molecule has 0 unspecified atom stereocenters. The van der Waals surface area contributed by atoms with Crippen LogP contribution in [0.3, 0.4) is 0 Å². The fraction of sp³-hybridized carbons (Fsp3) is 0.118. The van der Waals surface area contributed by atoms with Gasteiger partial charge in [-0.3, -0.25) is 4.79 Å². The van der Waals surface area contributed by atoms with Crippen LogP contribution in [-0.2, 0) is 13.1 Å². The maximum Gasteiger partial charge on any atom is 0.194 e. The molecule has 0 heterocycles. The molecule has 0 aliphatic heterocycles. The molecule has 0 saturated heterocycles. The van der Waals surface area contributed by atoms with Crippen molar-refractivity contribution in [3.05, 3.63) is 58.7 Å². The number of fused-ring (bicyclic) bond motifs is 3. The number of benzene rings is 2. The lowest BCUT2D eigenvalue weighted by Crippen LogP contribution is -2.29. The van der Waals surface area contributed by atoms with Gasteiger partial charge in [0.25, 0.3) is 0 Å². The second kappa shape index (κ2) is 9.40. The summed E-state index contributed by atoms with van der Waals surface area (Å²) >= 11 is 9.76. The fourth-order valence-corrected chi connectivity index (χ4v) is 3.12. The molecule has 0 amide bonds. The summed E-state index contributed by atoms with van der Waals surface area (Å²) < 4.78 is 0. The third-order valence-electron chi connectivity index (χ3n) is 3.95. The lowest BCUT2D eigenvalue weighted by molar-refractivity contribution is 0.104.